The minimum absolute atomic E-state index is 0.954. The molecule has 0 aliphatic rings. The Kier molecular flexibility index (Phi) is 1.66. The molecule has 1 rings (SSSR count). The number of allylic oxidation sites excluding steroid dienone is 1. The lowest BCUT2D eigenvalue weighted by Gasteiger charge is -1.91. The molecule has 0 bridgehead atoms. The van der Waals surface area contributed by atoms with Gasteiger partial charge >= 0.3 is 0 Å². The fourth-order valence-electron chi connectivity index (χ4n) is 1.05. The molecule has 1 heteroatoms. The van der Waals surface area contributed by atoms with Crippen molar-refractivity contribution in [2.45, 2.75) is 20.8 Å². The van der Waals surface area contributed by atoms with Crippen LogP contribution in [-0.4, -0.2) is 0 Å². The first kappa shape index (κ1) is 7.13. The second kappa shape index (κ2) is 2.33. The molecule has 54 valence electrons. The molecule has 0 amide bonds. The molecule has 1 nitrogen and oxygen atoms in total. The van der Waals surface area contributed by atoms with E-state index in [0.717, 1.165) is 22.7 Å². The van der Waals surface area contributed by atoms with E-state index >= 15 is 0 Å². The molecule has 0 aromatic carbocycles. The van der Waals surface area contributed by atoms with E-state index in [1.54, 1.807) is 0 Å². The highest BCUT2D eigenvalue weighted by atomic mass is 16.3. The molecule has 0 aliphatic heterocycles. The van der Waals surface area contributed by atoms with E-state index in [-0.39, 0.29) is 0 Å². The molecule has 0 fully saturated rings. The predicted molar refractivity (Wildman–Crippen MR) is 42.9 cm³/mol. The van der Waals surface area contributed by atoms with Gasteiger partial charge in [0.15, 0.2) is 0 Å². The Balaban J connectivity index is 3.15. The molecular weight excluding hydrogens is 124 g/mol. The normalized spacial score (nSPS) is 9.90. The highest BCUT2D eigenvalue weighted by Crippen LogP contribution is 2.19. The van der Waals surface area contributed by atoms with Crippen LogP contribution in [0.15, 0.2) is 17.1 Å². The van der Waals surface area contributed by atoms with Crippen molar-refractivity contribution in [3.8, 4) is 0 Å². The standard InChI is InChI=1S/C9H12O/c1-6(2)9-5-7(3)10-8(9)4/h5H,1H2,2-4H3. The van der Waals surface area contributed by atoms with Gasteiger partial charge in [-0.15, -0.1) is 0 Å². The van der Waals surface area contributed by atoms with Gasteiger partial charge in [-0.3, -0.25) is 0 Å². The van der Waals surface area contributed by atoms with Crippen LogP contribution in [0.5, 0.6) is 0 Å². The summed E-state index contributed by atoms with van der Waals surface area (Å²) in [4.78, 5) is 0. The molecule has 0 radical (unpaired) electrons. The van der Waals surface area contributed by atoms with Gasteiger partial charge in [-0.1, -0.05) is 6.58 Å². The molecule has 0 spiro atoms. The summed E-state index contributed by atoms with van der Waals surface area (Å²) >= 11 is 0. The van der Waals surface area contributed by atoms with Gasteiger partial charge in [0.2, 0.25) is 0 Å². The molecule has 0 N–H and O–H groups in total. The summed E-state index contributed by atoms with van der Waals surface area (Å²) in [6, 6.07) is 2.01. The van der Waals surface area contributed by atoms with Crippen molar-refractivity contribution in [3.05, 3.63) is 29.7 Å². The van der Waals surface area contributed by atoms with Crippen LogP contribution < -0.4 is 0 Å². The van der Waals surface area contributed by atoms with E-state index in [9.17, 15) is 0 Å². The Hall–Kier alpha value is -0.980. The van der Waals surface area contributed by atoms with Gasteiger partial charge in [0.05, 0.1) is 0 Å². The average Bonchev–Trinajstić information content (AvgIpc) is 2.10. The molecule has 10 heavy (non-hydrogen) atoms. The van der Waals surface area contributed by atoms with Crippen LogP contribution in [0.4, 0.5) is 0 Å². The summed E-state index contributed by atoms with van der Waals surface area (Å²) < 4.78 is 5.31. The van der Waals surface area contributed by atoms with E-state index in [4.69, 9.17) is 4.42 Å². The zero-order valence-corrected chi connectivity index (χ0v) is 6.69. The second-order valence-corrected chi connectivity index (χ2v) is 2.61. The number of aryl methyl sites for hydroxylation is 2. The molecule has 1 heterocycles. The lowest BCUT2D eigenvalue weighted by Crippen LogP contribution is -1.74. The summed E-state index contributed by atoms with van der Waals surface area (Å²) in [7, 11) is 0. The van der Waals surface area contributed by atoms with Crippen LogP contribution in [0.2, 0.25) is 0 Å². The maximum Gasteiger partial charge on any atom is 0.108 e. The third-order valence-corrected chi connectivity index (χ3v) is 1.50. The molecule has 0 saturated carbocycles. The van der Waals surface area contributed by atoms with Crippen molar-refractivity contribution in [1.29, 1.82) is 0 Å². The summed E-state index contributed by atoms with van der Waals surface area (Å²) in [5, 5.41) is 0. The fourth-order valence-corrected chi connectivity index (χ4v) is 1.05. The van der Waals surface area contributed by atoms with Crippen LogP contribution in [0.3, 0.4) is 0 Å². The molecule has 0 aliphatic carbocycles. The number of furan rings is 1. The monoisotopic (exact) mass is 136 g/mol. The van der Waals surface area contributed by atoms with Crippen molar-refractivity contribution in [2.75, 3.05) is 0 Å². The number of rotatable bonds is 1. The van der Waals surface area contributed by atoms with Crippen molar-refractivity contribution in [1.82, 2.24) is 0 Å². The Morgan fingerprint density at radius 3 is 2.30 bits per heavy atom. The Morgan fingerprint density at radius 2 is 2.10 bits per heavy atom. The summed E-state index contributed by atoms with van der Waals surface area (Å²) in [5.41, 5.74) is 2.20. The van der Waals surface area contributed by atoms with Crippen LogP contribution in [0.1, 0.15) is 24.0 Å². The van der Waals surface area contributed by atoms with Gasteiger partial charge < -0.3 is 4.42 Å². The number of hydrogen-bond acceptors (Lipinski definition) is 1. The molecule has 0 saturated heterocycles. The Morgan fingerprint density at radius 1 is 1.50 bits per heavy atom. The van der Waals surface area contributed by atoms with E-state index in [1.807, 2.05) is 26.8 Å². The first-order chi connectivity index (χ1) is 4.61. The average molecular weight is 136 g/mol. The van der Waals surface area contributed by atoms with Crippen molar-refractivity contribution in [3.63, 3.8) is 0 Å². The van der Waals surface area contributed by atoms with E-state index in [1.165, 1.54) is 0 Å². The summed E-state index contributed by atoms with van der Waals surface area (Å²) in [6.07, 6.45) is 0. The molecule has 1 aromatic rings. The summed E-state index contributed by atoms with van der Waals surface area (Å²) in [5.74, 6) is 1.92. The maximum atomic E-state index is 5.31. The SMILES string of the molecule is C=C(C)c1cc(C)oc1C. The van der Waals surface area contributed by atoms with Gasteiger partial charge in [-0.05, 0) is 32.4 Å². The quantitative estimate of drug-likeness (QED) is 0.578. The maximum absolute atomic E-state index is 5.31. The smallest absolute Gasteiger partial charge is 0.108 e. The highest BCUT2D eigenvalue weighted by Gasteiger charge is 2.03. The van der Waals surface area contributed by atoms with E-state index in [2.05, 4.69) is 6.58 Å². The van der Waals surface area contributed by atoms with Crippen molar-refractivity contribution >= 4 is 5.57 Å². The van der Waals surface area contributed by atoms with Crippen LogP contribution in [0, 0.1) is 13.8 Å². The van der Waals surface area contributed by atoms with Gasteiger partial charge in [0.1, 0.15) is 11.5 Å². The lowest BCUT2D eigenvalue weighted by molar-refractivity contribution is 0.504. The van der Waals surface area contributed by atoms with Gasteiger partial charge in [-0.2, -0.15) is 0 Å². The first-order valence-corrected chi connectivity index (χ1v) is 3.34. The third-order valence-electron chi connectivity index (χ3n) is 1.50. The predicted octanol–water partition coefficient (Wildman–Crippen LogP) is 2.93. The molecule has 0 unspecified atom stereocenters. The highest BCUT2D eigenvalue weighted by molar-refractivity contribution is 5.63. The van der Waals surface area contributed by atoms with E-state index in [0.29, 0.717) is 0 Å². The van der Waals surface area contributed by atoms with Crippen LogP contribution in [0.25, 0.3) is 5.57 Å². The largest absolute Gasteiger partial charge is 0.466 e. The molecular formula is C9H12O. The molecule has 1 aromatic heterocycles. The van der Waals surface area contributed by atoms with Gasteiger partial charge in [-0.25, -0.2) is 0 Å². The van der Waals surface area contributed by atoms with Gasteiger partial charge in [0, 0.05) is 5.56 Å². The minimum atomic E-state index is 0.954. The summed E-state index contributed by atoms with van der Waals surface area (Å²) in [6.45, 7) is 9.72. The van der Waals surface area contributed by atoms with Crippen LogP contribution >= 0.6 is 0 Å². The zero-order chi connectivity index (χ0) is 7.72. The minimum Gasteiger partial charge on any atom is -0.466 e. The zero-order valence-electron chi connectivity index (χ0n) is 6.69. The third kappa shape index (κ3) is 1.13. The second-order valence-electron chi connectivity index (χ2n) is 2.61. The van der Waals surface area contributed by atoms with E-state index < -0.39 is 0 Å². The Bertz CT molecular complexity index is 256. The fraction of sp³-hybridized carbons (Fsp3) is 0.333. The topological polar surface area (TPSA) is 13.1 Å². The first-order valence-electron chi connectivity index (χ1n) is 3.34. The Labute approximate surface area is 61.4 Å². The lowest BCUT2D eigenvalue weighted by atomic mass is 10.1. The van der Waals surface area contributed by atoms with Crippen molar-refractivity contribution < 1.29 is 4.42 Å². The molecule has 0 atom stereocenters. The van der Waals surface area contributed by atoms with Gasteiger partial charge in [0.25, 0.3) is 0 Å². The van der Waals surface area contributed by atoms with Crippen molar-refractivity contribution in [2.24, 2.45) is 0 Å². The van der Waals surface area contributed by atoms with Crippen LogP contribution in [-0.2, 0) is 0 Å². The number of hydrogen-bond donors (Lipinski definition) is 0.